The maximum Gasteiger partial charge on any atom is 0.262 e. The predicted octanol–water partition coefficient (Wildman–Crippen LogP) is 1.25. The van der Waals surface area contributed by atoms with Crippen LogP contribution < -0.4 is 5.32 Å². The van der Waals surface area contributed by atoms with Crippen LogP contribution in [0.25, 0.3) is 0 Å². The molecule has 19 heavy (non-hydrogen) atoms. The zero-order valence-electron chi connectivity index (χ0n) is 12.5. The van der Waals surface area contributed by atoms with Crippen LogP contribution in [-0.2, 0) is 16.6 Å². The Morgan fingerprint density at radius 3 is 2.37 bits per heavy atom. The van der Waals surface area contributed by atoms with Gasteiger partial charge in [-0.3, -0.25) is 5.10 Å². The molecule has 0 spiro atoms. The van der Waals surface area contributed by atoms with E-state index >= 15 is 0 Å². The van der Waals surface area contributed by atoms with E-state index in [2.05, 4.69) is 15.5 Å². The monoisotopic (exact) mass is 288 g/mol. The Morgan fingerprint density at radius 2 is 1.89 bits per heavy atom. The minimum absolute atomic E-state index is 0.104. The van der Waals surface area contributed by atoms with Gasteiger partial charge in [-0.1, -0.05) is 13.8 Å². The van der Waals surface area contributed by atoms with Crippen molar-refractivity contribution in [3.63, 3.8) is 0 Å². The molecule has 0 fully saturated rings. The van der Waals surface area contributed by atoms with E-state index in [0.717, 1.165) is 5.69 Å². The maximum absolute atomic E-state index is 12.5. The summed E-state index contributed by atoms with van der Waals surface area (Å²) >= 11 is 0. The Kier molecular flexibility index (Phi) is 5.11. The molecule has 1 aromatic heterocycles. The topological polar surface area (TPSA) is 78.1 Å². The average molecular weight is 288 g/mol. The highest BCUT2D eigenvalue weighted by Gasteiger charge is 2.29. The van der Waals surface area contributed by atoms with E-state index in [4.69, 9.17) is 0 Å². The molecule has 0 aromatic carbocycles. The van der Waals surface area contributed by atoms with Gasteiger partial charge in [-0.2, -0.15) is 9.40 Å². The third kappa shape index (κ3) is 3.55. The Bertz CT molecular complexity index is 520. The van der Waals surface area contributed by atoms with Crippen molar-refractivity contribution in [2.24, 2.45) is 0 Å². The molecule has 110 valence electrons. The quantitative estimate of drug-likeness (QED) is 0.825. The second-order valence-corrected chi connectivity index (χ2v) is 7.20. The normalized spacial score (nSPS) is 12.9. The van der Waals surface area contributed by atoms with Crippen molar-refractivity contribution in [1.29, 1.82) is 0 Å². The summed E-state index contributed by atoms with van der Waals surface area (Å²) in [6.07, 6.45) is 0. The van der Waals surface area contributed by atoms with Crippen LogP contribution in [0.4, 0.5) is 0 Å². The molecule has 0 aliphatic carbocycles. The summed E-state index contributed by atoms with van der Waals surface area (Å²) in [5, 5.41) is 10.1. The molecule has 0 aliphatic heterocycles. The fourth-order valence-corrected chi connectivity index (χ4v) is 3.10. The highest BCUT2D eigenvalue weighted by molar-refractivity contribution is 7.89. The summed E-state index contributed by atoms with van der Waals surface area (Å²) < 4.78 is 26.3. The Balaban J connectivity index is 3.14. The number of nitrogens with one attached hydrogen (secondary N) is 2. The molecule has 1 aromatic rings. The van der Waals surface area contributed by atoms with Gasteiger partial charge in [0.1, 0.15) is 0 Å². The molecule has 0 saturated heterocycles. The molecule has 1 heterocycles. The zero-order valence-corrected chi connectivity index (χ0v) is 13.3. The lowest BCUT2D eigenvalue weighted by Crippen LogP contribution is -2.34. The summed E-state index contributed by atoms with van der Waals surface area (Å²) in [4.78, 5) is 0. The molecule has 0 bridgehead atoms. The van der Waals surface area contributed by atoms with E-state index in [0.29, 0.717) is 12.1 Å². The van der Waals surface area contributed by atoms with Gasteiger partial charge in [0.25, 0.3) is 10.0 Å². The molecule has 0 radical (unpaired) electrons. The van der Waals surface area contributed by atoms with Gasteiger partial charge in [-0.15, -0.1) is 0 Å². The van der Waals surface area contributed by atoms with E-state index in [1.54, 1.807) is 7.05 Å². The summed E-state index contributed by atoms with van der Waals surface area (Å²) in [6.45, 7) is 10.0. The van der Waals surface area contributed by atoms with Gasteiger partial charge >= 0.3 is 0 Å². The number of nitrogens with zero attached hydrogens (tertiary/aromatic N) is 2. The van der Waals surface area contributed by atoms with E-state index in [1.165, 1.54) is 4.31 Å². The summed E-state index contributed by atoms with van der Waals surface area (Å²) in [5.41, 5.74) is 1.49. The van der Waals surface area contributed by atoms with Crippen molar-refractivity contribution < 1.29 is 8.42 Å². The lowest BCUT2D eigenvalue weighted by molar-refractivity contribution is 0.407. The Morgan fingerprint density at radius 1 is 1.32 bits per heavy atom. The van der Waals surface area contributed by atoms with E-state index in [-0.39, 0.29) is 17.1 Å². The van der Waals surface area contributed by atoms with Gasteiger partial charge in [0, 0.05) is 36.9 Å². The highest BCUT2D eigenvalue weighted by atomic mass is 32.2. The standard InChI is InChI=1S/C12H24N4O2S/c1-8(2)13-7-11-10(5)14-15-12(11)19(17,18)16(6)9(3)4/h8-9,13H,7H2,1-6H3,(H,14,15). The molecule has 0 saturated carbocycles. The van der Waals surface area contributed by atoms with E-state index < -0.39 is 10.0 Å². The Hall–Kier alpha value is -0.920. The number of aryl methyl sites for hydroxylation is 1. The van der Waals surface area contributed by atoms with Gasteiger partial charge in [0.05, 0.1) is 0 Å². The van der Waals surface area contributed by atoms with Crippen LogP contribution in [0.15, 0.2) is 5.03 Å². The number of aromatic nitrogens is 2. The fourth-order valence-electron chi connectivity index (χ4n) is 1.57. The predicted molar refractivity (Wildman–Crippen MR) is 75.4 cm³/mol. The fraction of sp³-hybridized carbons (Fsp3) is 0.750. The molecule has 7 heteroatoms. The first-order chi connectivity index (χ1) is 8.67. The molecule has 2 N–H and O–H groups in total. The molecule has 0 atom stereocenters. The SMILES string of the molecule is Cc1[nH]nc(S(=O)(=O)N(C)C(C)C)c1CNC(C)C. The molecule has 0 unspecified atom stereocenters. The van der Waals surface area contributed by atoms with Crippen LogP contribution in [0.3, 0.4) is 0 Å². The van der Waals surface area contributed by atoms with Crippen LogP contribution in [0.5, 0.6) is 0 Å². The first-order valence-corrected chi connectivity index (χ1v) is 7.87. The van der Waals surface area contributed by atoms with Gasteiger partial charge in [-0.25, -0.2) is 8.42 Å². The summed E-state index contributed by atoms with van der Waals surface area (Å²) in [5.74, 6) is 0. The third-order valence-electron chi connectivity index (χ3n) is 3.07. The molecular formula is C12H24N4O2S. The molecular weight excluding hydrogens is 264 g/mol. The first-order valence-electron chi connectivity index (χ1n) is 6.43. The summed E-state index contributed by atoms with van der Waals surface area (Å²) in [7, 11) is -1.97. The zero-order chi connectivity index (χ0) is 14.8. The first kappa shape index (κ1) is 16.1. The summed E-state index contributed by atoms with van der Waals surface area (Å²) in [6, 6.07) is 0.181. The van der Waals surface area contributed by atoms with Gasteiger partial charge in [0.2, 0.25) is 0 Å². The molecule has 0 aliphatic rings. The minimum atomic E-state index is -3.54. The van der Waals surface area contributed by atoms with Gasteiger partial charge in [-0.05, 0) is 20.8 Å². The van der Waals surface area contributed by atoms with Gasteiger partial charge < -0.3 is 5.32 Å². The van der Waals surface area contributed by atoms with Crippen molar-refractivity contribution in [2.45, 2.75) is 58.3 Å². The lowest BCUT2D eigenvalue weighted by atomic mass is 10.2. The van der Waals surface area contributed by atoms with Crippen molar-refractivity contribution in [2.75, 3.05) is 7.05 Å². The van der Waals surface area contributed by atoms with Crippen LogP contribution in [0.2, 0.25) is 0 Å². The van der Waals surface area contributed by atoms with Crippen molar-refractivity contribution in [3.8, 4) is 0 Å². The second kappa shape index (κ2) is 6.02. The van der Waals surface area contributed by atoms with Gasteiger partial charge in [0.15, 0.2) is 5.03 Å². The third-order valence-corrected chi connectivity index (χ3v) is 5.08. The van der Waals surface area contributed by atoms with Crippen molar-refractivity contribution >= 4 is 10.0 Å². The average Bonchev–Trinajstić information content (AvgIpc) is 2.67. The maximum atomic E-state index is 12.5. The van der Waals surface area contributed by atoms with Crippen molar-refractivity contribution in [3.05, 3.63) is 11.3 Å². The minimum Gasteiger partial charge on any atom is -0.310 e. The number of hydrogen-bond donors (Lipinski definition) is 2. The Labute approximate surface area is 115 Å². The highest BCUT2D eigenvalue weighted by Crippen LogP contribution is 2.21. The number of sulfonamides is 1. The number of hydrogen-bond acceptors (Lipinski definition) is 4. The van der Waals surface area contributed by atoms with Crippen LogP contribution in [-0.4, -0.2) is 42.1 Å². The smallest absolute Gasteiger partial charge is 0.262 e. The van der Waals surface area contributed by atoms with Crippen molar-refractivity contribution in [1.82, 2.24) is 19.8 Å². The molecule has 1 rings (SSSR count). The van der Waals surface area contributed by atoms with E-state index in [9.17, 15) is 8.42 Å². The lowest BCUT2D eigenvalue weighted by Gasteiger charge is -2.20. The second-order valence-electron chi connectivity index (χ2n) is 5.28. The van der Waals surface area contributed by atoms with Crippen LogP contribution >= 0.6 is 0 Å². The largest absolute Gasteiger partial charge is 0.310 e. The van der Waals surface area contributed by atoms with Crippen LogP contribution in [0, 0.1) is 6.92 Å². The number of H-pyrrole nitrogens is 1. The number of rotatable bonds is 6. The molecule has 6 nitrogen and oxygen atoms in total. The molecule has 0 amide bonds. The van der Waals surface area contributed by atoms with E-state index in [1.807, 2.05) is 34.6 Å². The van der Waals surface area contributed by atoms with Crippen LogP contribution in [0.1, 0.15) is 39.0 Å². The number of aromatic amines is 1.